The van der Waals surface area contributed by atoms with Crippen molar-refractivity contribution in [3.63, 3.8) is 0 Å². The molecule has 2 aliphatic rings. The van der Waals surface area contributed by atoms with Crippen LogP contribution in [0.1, 0.15) is 43.9 Å². The number of benzene rings is 2. The molecule has 138 valence electrons. The van der Waals surface area contributed by atoms with Crippen LogP contribution < -0.4 is 4.90 Å². The smallest absolute Gasteiger partial charge is 0.0442 e. The molecule has 0 saturated heterocycles. The summed E-state index contributed by atoms with van der Waals surface area (Å²) in [6.45, 7) is 6.90. The molecule has 1 aliphatic carbocycles. The van der Waals surface area contributed by atoms with Crippen molar-refractivity contribution in [3.8, 4) is 0 Å². The van der Waals surface area contributed by atoms with Crippen molar-refractivity contribution in [1.29, 1.82) is 0 Å². The highest BCUT2D eigenvalue weighted by atomic mass is 15.1. The van der Waals surface area contributed by atoms with Crippen LogP contribution in [0.5, 0.6) is 0 Å². The van der Waals surface area contributed by atoms with Gasteiger partial charge in [0.1, 0.15) is 0 Å². The minimum absolute atomic E-state index is 1.02. The fraction of sp³-hybridized carbons (Fsp3) is 0.308. The maximum atomic E-state index is 2.42. The van der Waals surface area contributed by atoms with Crippen LogP contribution in [0.4, 0.5) is 5.69 Å². The number of fused-ring (bicyclic) bond motifs is 2. The monoisotopic (exact) mass is 355 g/mol. The molecule has 0 saturated carbocycles. The van der Waals surface area contributed by atoms with Gasteiger partial charge in [0.25, 0.3) is 0 Å². The third-order valence-corrected chi connectivity index (χ3v) is 6.46. The zero-order valence-corrected chi connectivity index (χ0v) is 17.0. The number of anilines is 1. The fourth-order valence-electron chi connectivity index (χ4n) is 4.36. The minimum atomic E-state index is 1.02. The summed E-state index contributed by atoms with van der Waals surface area (Å²) in [6.07, 6.45) is 6.73. The molecule has 0 fully saturated rings. The zero-order chi connectivity index (χ0) is 19.0. The lowest BCUT2D eigenvalue weighted by atomic mass is 9.95. The summed E-state index contributed by atoms with van der Waals surface area (Å²) in [5.41, 5.74) is 13.2. The van der Waals surface area contributed by atoms with Crippen LogP contribution in [0.15, 0.2) is 82.6 Å². The Balaban J connectivity index is 1.52. The summed E-state index contributed by atoms with van der Waals surface area (Å²) in [6, 6.07) is 17.6. The van der Waals surface area contributed by atoms with Crippen LogP contribution in [0, 0.1) is 0 Å². The standard InChI is InChI=1S/C26H29N/c1-18(13-14-25-17-23-11-7-8-12-26(23)27(25)4)19(2)20(3)24-15-21-9-5-6-10-22(21)16-24/h5-12,14H,13,15-17H2,1-4H3/b19-18+,25-14+. The summed E-state index contributed by atoms with van der Waals surface area (Å²) in [4.78, 5) is 2.34. The first-order chi connectivity index (χ1) is 13.0. The molecule has 1 heteroatoms. The van der Waals surface area contributed by atoms with E-state index in [0.717, 1.165) is 25.7 Å². The Morgan fingerprint density at radius 2 is 1.44 bits per heavy atom. The Labute approximate surface area is 163 Å². The Morgan fingerprint density at radius 3 is 2.07 bits per heavy atom. The van der Waals surface area contributed by atoms with E-state index in [9.17, 15) is 0 Å². The van der Waals surface area contributed by atoms with Crippen LogP contribution in [0.25, 0.3) is 0 Å². The minimum Gasteiger partial charge on any atom is -0.348 e. The first kappa shape index (κ1) is 17.9. The Kier molecular flexibility index (Phi) is 4.78. The first-order valence-corrected chi connectivity index (χ1v) is 9.97. The van der Waals surface area contributed by atoms with Gasteiger partial charge in [-0.25, -0.2) is 0 Å². The van der Waals surface area contributed by atoms with Crippen molar-refractivity contribution in [3.05, 3.63) is 99.3 Å². The molecule has 0 unspecified atom stereocenters. The maximum Gasteiger partial charge on any atom is 0.0442 e. The molecule has 0 N–H and O–H groups in total. The summed E-state index contributed by atoms with van der Waals surface area (Å²) >= 11 is 0. The lowest BCUT2D eigenvalue weighted by Crippen LogP contribution is -2.11. The predicted octanol–water partition coefficient (Wildman–Crippen LogP) is 6.40. The fourth-order valence-corrected chi connectivity index (χ4v) is 4.36. The summed E-state index contributed by atoms with van der Waals surface area (Å²) in [5.74, 6) is 0. The van der Waals surface area contributed by atoms with Crippen LogP contribution >= 0.6 is 0 Å². The number of likely N-dealkylation sites (N-methyl/N-ethyl adjacent to an activating group) is 1. The van der Waals surface area contributed by atoms with Gasteiger partial charge in [0.05, 0.1) is 0 Å². The number of nitrogens with zero attached hydrogens (tertiary/aromatic N) is 1. The highest BCUT2D eigenvalue weighted by Gasteiger charge is 2.20. The van der Waals surface area contributed by atoms with Gasteiger partial charge in [0, 0.05) is 24.9 Å². The van der Waals surface area contributed by atoms with Crippen LogP contribution in [-0.4, -0.2) is 7.05 Å². The largest absolute Gasteiger partial charge is 0.348 e. The van der Waals surface area contributed by atoms with Crippen molar-refractivity contribution in [2.24, 2.45) is 0 Å². The summed E-state index contributed by atoms with van der Waals surface area (Å²) < 4.78 is 0. The normalized spacial score (nSPS) is 17.9. The second kappa shape index (κ2) is 7.23. The maximum absolute atomic E-state index is 2.42. The molecule has 1 heterocycles. The number of rotatable bonds is 3. The van der Waals surface area contributed by atoms with E-state index >= 15 is 0 Å². The molecule has 0 radical (unpaired) electrons. The van der Waals surface area contributed by atoms with Crippen molar-refractivity contribution in [1.82, 2.24) is 0 Å². The van der Waals surface area contributed by atoms with E-state index in [1.54, 1.807) is 5.57 Å². The lowest BCUT2D eigenvalue weighted by Gasteiger charge is -2.15. The van der Waals surface area contributed by atoms with Crippen molar-refractivity contribution in [2.45, 2.75) is 46.5 Å². The second-order valence-corrected chi connectivity index (χ2v) is 8.02. The predicted molar refractivity (Wildman–Crippen MR) is 116 cm³/mol. The van der Waals surface area contributed by atoms with Gasteiger partial charge in [-0.15, -0.1) is 0 Å². The average Bonchev–Trinajstić information content (AvgIpc) is 3.26. The van der Waals surface area contributed by atoms with E-state index < -0.39 is 0 Å². The van der Waals surface area contributed by atoms with Gasteiger partial charge in [0.2, 0.25) is 0 Å². The van der Waals surface area contributed by atoms with E-state index in [1.807, 2.05) is 0 Å². The third kappa shape index (κ3) is 3.39. The van der Waals surface area contributed by atoms with E-state index in [4.69, 9.17) is 0 Å². The third-order valence-electron chi connectivity index (χ3n) is 6.46. The van der Waals surface area contributed by atoms with E-state index in [-0.39, 0.29) is 0 Å². The SMILES string of the molecule is CC(=C1Cc2ccccc2C1)/C(C)=C(\C)C/C=C1\Cc2ccccc2N1C. The zero-order valence-electron chi connectivity index (χ0n) is 17.0. The van der Waals surface area contributed by atoms with Gasteiger partial charge >= 0.3 is 0 Å². The average molecular weight is 356 g/mol. The quantitative estimate of drug-likeness (QED) is 0.615. The molecule has 2 aromatic carbocycles. The van der Waals surface area contributed by atoms with Gasteiger partial charge in [-0.05, 0) is 73.9 Å². The molecule has 0 atom stereocenters. The highest BCUT2D eigenvalue weighted by Crippen LogP contribution is 2.34. The number of allylic oxidation sites excluding steroid dienone is 6. The summed E-state index contributed by atoms with van der Waals surface area (Å²) in [7, 11) is 2.19. The van der Waals surface area contributed by atoms with E-state index in [2.05, 4.69) is 87.3 Å². The van der Waals surface area contributed by atoms with Gasteiger partial charge in [0.15, 0.2) is 0 Å². The van der Waals surface area contributed by atoms with Gasteiger partial charge in [-0.2, -0.15) is 0 Å². The Morgan fingerprint density at radius 1 is 0.852 bits per heavy atom. The molecule has 4 rings (SSSR count). The van der Waals surface area contributed by atoms with Crippen LogP contribution in [0.3, 0.4) is 0 Å². The first-order valence-electron chi connectivity index (χ1n) is 9.97. The van der Waals surface area contributed by atoms with Crippen molar-refractivity contribution >= 4 is 5.69 Å². The summed E-state index contributed by atoms with van der Waals surface area (Å²) in [5, 5.41) is 0. The van der Waals surface area contributed by atoms with Crippen molar-refractivity contribution < 1.29 is 0 Å². The van der Waals surface area contributed by atoms with Gasteiger partial charge in [-0.3, -0.25) is 0 Å². The van der Waals surface area contributed by atoms with Gasteiger partial charge in [-0.1, -0.05) is 59.7 Å². The number of hydrogen-bond acceptors (Lipinski definition) is 1. The molecule has 0 bridgehead atoms. The number of para-hydroxylation sites is 1. The Bertz CT molecular complexity index is 944. The van der Waals surface area contributed by atoms with Gasteiger partial charge < -0.3 is 4.90 Å². The highest BCUT2D eigenvalue weighted by molar-refractivity contribution is 5.64. The van der Waals surface area contributed by atoms with Crippen LogP contribution in [-0.2, 0) is 19.3 Å². The lowest BCUT2D eigenvalue weighted by molar-refractivity contribution is 1.03. The topological polar surface area (TPSA) is 3.24 Å². The Hall–Kier alpha value is -2.54. The molecule has 27 heavy (non-hydrogen) atoms. The molecule has 2 aromatic rings. The molecule has 1 aliphatic heterocycles. The molecule has 0 amide bonds. The molecule has 1 nitrogen and oxygen atoms in total. The van der Waals surface area contributed by atoms with Crippen molar-refractivity contribution in [2.75, 3.05) is 11.9 Å². The molecule has 0 spiro atoms. The molecular formula is C26H29N. The second-order valence-electron chi connectivity index (χ2n) is 8.02. The van der Waals surface area contributed by atoms with Crippen LogP contribution in [0.2, 0.25) is 0 Å². The molecule has 0 aromatic heterocycles. The number of hydrogen-bond donors (Lipinski definition) is 0. The van der Waals surface area contributed by atoms with E-state index in [0.29, 0.717) is 0 Å². The molecular weight excluding hydrogens is 326 g/mol. The van der Waals surface area contributed by atoms with E-state index in [1.165, 1.54) is 44.8 Å².